The van der Waals surface area contributed by atoms with Crippen LogP contribution in [0.1, 0.15) is 24.8 Å². The van der Waals surface area contributed by atoms with Crippen molar-refractivity contribution >= 4 is 15.9 Å². The number of nitrogens with one attached hydrogen (secondary N) is 1. The zero-order chi connectivity index (χ0) is 11.6. The Hall–Kier alpha value is -0.450. The second-order valence-electron chi connectivity index (χ2n) is 3.84. The molecule has 0 aliphatic rings. The molecule has 0 unspecified atom stereocenters. The van der Waals surface area contributed by atoms with Gasteiger partial charge in [-0.1, -0.05) is 6.07 Å². The Morgan fingerprint density at radius 3 is 2.69 bits per heavy atom. The van der Waals surface area contributed by atoms with Crippen molar-refractivity contribution in [3.8, 4) is 0 Å². The maximum Gasteiger partial charge on any atom is 0.106 e. The molecule has 0 saturated heterocycles. The van der Waals surface area contributed by atoms with Gasteiger partial charge in [0.1, 0.15) is 4.60 Å². The van der Waals surface area contributed by atoms with E-state index in [-0.39, 0.29) is 0 Å². The van der Waals surface area contributed by atoms with Crippen LogP contribution in [0.3, 0.4) is 0 Å². The molecule has 3 N–H and O–H groups in total. The number of hydrogen-bond donors (Lipinski definition) is 2. The molecule has 0 aliphatic heterocycles. The molecule has 90 valence electrons. The Kier molecular flexibility index (Phi) is 7.38. The average Bonchev–Trinajstić information content (AvgIpc) is 2.30. The van der Waals surface area contributed by atoms with Gasteiger partial charge in [-0.3, -0.25) is 0 Å². The summed E-state index contributed by atoms with van der Waals surface area (Å²) in [5.41, 5.74) is 6.72. The monoisotopic (exact) mass is 285 g/mol. The van der Waals surface area contributed by atoms with E-state index in [1.165, 1.54) is 18.4 Å². The summed E-state index contributed by atoms with van der Waals surface area (Å²) in [5.74, 6) is 0. The first kappa shape index (κ1) is 13.6. The second kappa shape index (κ2) is 8.67. The summed E-state index contributed by atoms with van der Waals surface area (Å²) < 4.78 is 0.903. The first-order valence-corrected chi connectivity index (χ1v) is 6.63. The molecule has 16 heavy (non-hydrogen) atoms. The highest BCUT2D eigenvalue weighted by Crippen LogP contribution is 2.08. The van der Waals surface area contributed by atoms with Gasteiger partial charge in [0.05, 0.1) is 0 Å². The molecule has 0 bridgehead atoms. The van der Waals surface area contributed by atoms with Gasteiger partial charge >= 0.3 is 0 Å². The Labute approximate surface area is 106 Å². The summed E-state index contributed by atoms with van der Waals surface area (Å²) in [5, 5.41) is 3.38. The first-order valence-electron chi connectivity index (χ1n) is 5.84. The number of rotatable bonds is 8. The molecular formula is C12H20BrN3. The van der Waals surface area contributed by atoms with Crippen molar-refractivity contribution in [1.29, 1.82) is 0 Å². The molecule has 1 rings (SSSR count). The number of aryl methyl sites for hydroxylation is 1. The number of aromatic nitrogens is 1. The molecule has 0 saturated carbocycles. The molecule has 4 heteroatoms. The van der Waals surface area contributed by atoms with E-state index in [1.807, 2.05) is 12.3 Å². The lowest BCUT2D eigenvalue weighted by molar-refractivity contribution is 0.607. The SMILES string of the molecule is NCCCNCCCCc1ccc(Br)nc1. The van der Waals surface area contributed by atoms with E-state index in [0.29, 0.717) is 0 Å². The molecule has 3 nitrogen and oxygen atoms in total. The van der Waals surface area contributed by atoms with Crippen LogP contribution in [0, 0.1) is 0 Å². The van der Waals surface area contributed by atoms with Crippen LogP contribution >= 0.6 is 15.9 Å². The highest BCUT2D eigenvalue weighted by Gasteiger charge is 1.94. The van der Waals surface area contributed by atoms with Crippen molar-refractivity contribution in [2.45, 2.75) is 25.7 Å². The number of pyridine rings is 1. The van der Waals surface area contributed by atoms with Crippen LogP contribution in [0.2, 0.25) is 0 Å². The fourth-order valence-electron chi connectivity index (χ4n) is 1.49. The van der Waals surface area contributed by atoms with E-state index < -0.39 is 0 Å². The molecule has 0 fully saturated rings. The summed E-state index contributed by atoms with van der Waals surface area (Å²) in [6.07, 6.45) is 6.53. The van der Waals surface area contributed by atoms with Crippen LogP contribution in [0.15, 0.2) is 22.9 Å². The highest BCUT2D eigenvalue weighted by atomic mass is 79.9. The third-order valence-electron chi connectivity index (χ3n) is 2.42. The fraction of sp³-hybridized carbons (Fsp3) is 0.583. The maximum atomic E-state index is 5.41. The van der Waals surface area contributed by atoms with E-state index in [4.69, 9.17) is 5.73 Å². The molecule has 0 spiro atoms. The van der Waals surface area contributed by atoms with Crippen LogP contribution in [0.4, 0.5) is 0 Å². The first-order chi connectivity index (χ1) is 7.83. The quantitative estimate of drug-likeness (QED) is 0.568. The molecule has 0 atom stereocenters. The van der Waals surface area contributed by atoms with Crippen molar-refractivity contribution in [2.24, 2.45) is 5.73 Å². The van der Waals surface area contributed by atoms with Gasteiger partial charge < -0.3 is 11.1 Å². The van der Waals surface area contributed by atoms with Crippen molar-refractivity contribution < 1.29 is 0 Å². The smallest absolute Gasteiger partial charge is 0.106 e. The summed E-state index contributed by atoms with van der Waals surface area (Å²) in [4.78, 5) is 4.21. The second-order valence-corrected chi connectivity index (χ2v) is 4.65. The van der Waals surface area contributed by atoms with E-state index in [2.05, 4.69) is 32.3 Å². The van der Waals surface area contributed by atoms with Crippen LogP contribution < -0.4 is 11.1 Å². The van der Waals surface area contributed by atoms with E-state index >= 15 is 0 Å². The molecule has 0 radical (unpaired) electrons. The van der Waals surface area contributed by atoms with Crippen LogP contribution in [0.25, 0.3) is 0 Å². The lowest BCUT2D eigenvalue weighted by atomic mass is 10.1. The molecule has 0 amide bonds. The average molecular weight is 286 g/mol. The van der Waals surface area contributed by atoms with Gasteiger partial charge in [-0.25, -0.2) is 4.98 Å². The van der Waals surface area contributed by atoms with Crippen LogP contribution in [-0.2, 0) is 6.42 Å². The van der Waals surface area contributed by atoms with Gasteiger partial charge in [0.2, 0.25) is 0 Å². The van der Waals surface area contributed by atoms with E-state index in [1.54, 1.807) is 0 Å². The van der Waals surface area contributed by atoms with Gasteiger partial charge in [0, 0.05) is 6.20 Å². The Morgan fingerprint density at radius 2 is 2.00 bits per heavy atom. The van der Waals surface area contributed by atoms with Crippen molar-refractivity contribution in [3.63, 3.8) is 0 Å². The molecule has 0 aromatic carbocycles. The number of nitrogens with zero attached hydrogens (tertiary/aromatic N) is 1. The summed E-state index contributed by atoms with van der Waals surface area (Å²) >= 11 is 3.33. The maximum absolute atomic E-state index is 5.41. The zero-order valence-corrected chi connectivity index (χ0v) is 11.2. The molecule has 1 heterocycles. The Morgan fingerprint density at radius 1 is 1.19 bits per heavy atom. The number of unbranched alkanes of at least 4 members (excludes halogenated alkanes) is 1. The Balaban J connectivity index is 2.01. The van der Waals surface area contributed by atoms with Crippen molar-refractivity contribution in [1.82, 2.24) is 10.3 Å². The van der Waals surface area contributed by atoms with Gasteiger partial charge in [-0.2, -0.15) is 0 Å². The predicted molar refractivity (Wildman–Crippen MR) is 71.4 cm³/mol. The van der Waals surface area contributed by atoms with Gasteiger partial charge in [0.25, 0.3) is 0 Å². The topological polar surface area (TPSA) is 50.9 Å². The zero-order valence-electron chi connectivity index (χ0n) is 9.58. The summed E-state index contributed by atoms with van der Waals surface area (Å²) in [7, 11) is 0. The number of halogens is 1. The third-order valence-corrected chi connectivity index (χ3v) is 2.88. The lowest BCUT2D eigenvalue weighted by Crippen LogP contribution is -2.19. The Bertz CT molecular complexity index is 274. The number of hydrogen-bond acceptors (Lipinski definition) is 3. The number of nitrogens with two attached hydrogens (primary N) is 1. The fourth-order valence-corrected chi connectivity index (χ4v) is 1.72. The minimum Gasteiger partial charge on any atom is -0.330 e. The summed E-state index contributed by atoms with van der Waals surface area (Å²) in [6, 6.07) is 4.12. The predicted octanol–water partition coefficient (Wildman–Crippen LogP) is 2.11. The van der Waals surface area contributed by atoms with Gasteiger partial charge in [-0.05, 0) is 72.9 Å². The summed E-state index contributed by atoms with van der Waals surface area (Å²) in [6.45, 7) is 2.90. The van der Waals surface area contributed by atoms with Crippen LogP contribution in [-0.4, -0.2) is 24.6 Å². The van der Waals surface area contributed by atoms with Crippen LogP contribution in [0.5, 0.6) is 0 Å². The minimum atomic E-state index is 0.775. The van der Waals surface area contributed by atoms with E-state index in [0.717, 1.165) is 37.1 Å². The van der Waals surface area contributed by atoms with Crippen molar-refractivity contribution in [2.75, 3.05) is 19.6 Å². The normalized spacial score (nSPS) is 10.6. The molecule has 0 aliphatic carbocycles. The van der Waals surface area contributed by atoms with Gasteiger partial charge in [-0.15, -0.1) is 0 Å². The standard InChI is InChI=1S/C12H20BrN3/c13-12-6-5-11(10-16-12)4-1-2-8-15-9-3-7-14/h5-6,10,15H,1-4,7-9,14H2. The largest absolute Gasteiger partial charge is 0.330 e. The molecule has 1 aromatic heterocycles. The molecular weight excluding hydrogens is 266 g/mol. The van der Waals surface area contributed by atoms with Crippen molar-refractivity contribution in [3.05, 3.63) is 28.5 Å². The lowest BCUT2D eigenvalue weighted by Gasteiger charge is -2.03. The third kappa shape index (κ3) is 6.20. The highest BCUT2D eigenvalue weighted by molar-refractivity contribution is 9.10. The van der Waals surface area contributed by atoms with Gasteiger partial charge in [0.15, 0.2) is 0 Å². The molecule has 1 aromatic rings. The van der Waals surface area contributed by atoms with E-state index in [9.17, 15) is 0 Å². The minimum absolute atomic E-state index is 0.775.